The molecule has 0 aliphatic carbocycles. The Morgan fingerprint density at radius 3 is 2.02 bits per heavy atom. The summed E-state index contributed by atoms with van der Waals surface area (Å²) in [5, 5.41) is 27.8. The Balaban J connectivity index is 1.82. The summed E-state index contributed by atoms with van der Waals surface area (Å²) in [5.41, 5.74) is 6.27. The van der Waals surface area contributed by atoms with Gasteiger partial charge in [0.15, 0.2) is 5.75 Å². The average Bonchev–Trinajstić information content (AvgIpc) is 2.92. The van der Waals surface area contributed by atoms with Gasteiger partial charge in [-0.2, -0.15) is 5.11 Å². The Bertz CT molecular complexity index is 1740. The molecule has 0 atom stereocenters. The minimum absolute atomic E-state index is 0.107. The highest BCUT2D eigenvalue weighted by Gasteiger charge is 2.25. The van der Waals surface area contributed by atoms with E-state index in [9.17, 15) is 33.1 Å². The summed E-state index contributed by atoms with van der Waals surface area (Å²) in [6.45, 7) is 3.90. The van der Waals surface area contributed by atoms with Crippen molar-refractivity contribution in [2.24, 2.45) is 20.5 Å². The first-order valence-electron chi connectivity index (χ1n) is 12.3. The molecule has 222 valence electrons. The lowest BCUT2D eigenvalue weighted by Crippen LogP contribution is -2.01. The molecular weight excluding hydrogens is 589 g/mol. The van der Waals surface area contributed by atoms with E-state index in [0.29, 0.717) is 11.1 Å². The summed E-state index contributed by atoms with van der Waals surface area (Å²) in [4.78, 5) is 18.4. The van der Waals surface area contributed by atoms with Crippen LogP contribution in [0.1, 0.15) is 13.8 Å². The maximum absolute atomic E-state index is 11.6. The largest absolute Gasteiger partial charge is 0.505 e. The van der Waals surface area contributed by atoms with E-state index in [1.807, 2.05) is 0 Å². The van der Waals surface area contributed by atoms with E-state index in [0.717, 1.165) is 0 Å². The van der Waals surface area contributed by atoms with Crippen LogP contribution in [0.2, 0.25) is 0 Å². The maximum atomic E-state index is 11.6. The van der Waals surface area contributed by atoms with E-state index in [1.165, 1.54) is 54.6 Å². The maximum Gasteiger partial charge on any atom is 0.356 e. The number of ether oxygens (including phenoxy) is 2. The second kappa shape index (κ2) is 12.4. The van der Waals surface area contributed by atoms with E-state index < -0.39 is 34.8 Å². The van der Waals surface area contributed by atoms with Gasteiger partial charge < -0.3 is 43.8 Å². The zero-order valence-corrected chi connectivity index (χ0v) is 24.0. The van der Waals surface area contributed by atoms with Crippen LogP contribution in [0, 0.1) is 0 Å². The lowest BCUT2D eigenvalue weighted by Gasteiger charge is -2.22. The minimum atomic E-state index is -4.49. The number of nitrogens with zero attached hydrogens (tertiary/aromatic N) is 4. The molecule has 14 nitrogen and oxygen atoms in total. The number of phenols is 1. The van der Waals surface area contributed by atoms with Crippen LogP contribution in [-0.2, 0) is 4.57 Å². The van der Waals surface area contributed by atoms with Crippen molar-refractivity contribution >= 4 is 63.0 Å². The van der Waals surface area contributed by atoms with Crippen molar-refractivity contribution in [2.75, 3.05) is 18.9 Å². The van der Waals surface area contributed by atoms with Crippen LogP contribution in [0.5, 0.6) is 17.2 Å². The Labute approximate surface area is 241 Å². The third-order valence-corrected chi connectivity index (χ3v) is 7.56. The molecule has 4 aromatic carbocycles. The molecule has 0 fully saturated rings. The van der Waals surface area contributed by atoms with Crippen molar-refractivity contribution in [3.8, 4) is 17.2 Å². The molecule has 8 N–H and O–H groups in total. The van der Waals surface area contributed by atoms with Crippen LogP contribution in [0.3, 0.4) is 0 Å². The van der Waals surface area contributed by atoms with Gasteiger partial charge in [0.25, 0.3) is 0 Å². The normalized spacial score (nSPS) is 12.8. The highest BCUT2D eigenvalue weighted by Crippen LogP contribution is 2.54. The van der Waals surface area contributed by atoms with Gasteiger partial charge in [0, 0.05) is 23.2 Å². The quantitative estimate of drug-likeness (QED) is 0.0539. The number of nitrogen functional groups attached to an aromatic ring is 1. The number of hydrogen-bond acceptors (Lipinski definition) is 12. The first kappa shape index (κ1) is 30.9. The first-order valence-corrected chi connectivity index (χ1v) is 15.4. The molecule has 4 aromatic rings. The highest BCUT2D eigenvalue weighted by atomic mass is 32.3. The Hall–Kier alpha value is -4.08. The third kappa shape index (κ3) is 7.03. The number of azo groups is 2. The van der Waals surface area contributed by atoms with E-state index >= 15 is 0 Å². The molecule has 0 aliphatic heterocycles. The van der Waals surface area contributed by atoms with Gasteiger partial charge in [-0.05, 0) is 55.6 Å². The fourth-order valence-electron chi connectivity index (χ4n) is 3.85. The number of phenolic OH excluding ortho intramolecular Hbond substituents is 1. The number of benzene rings is 4. The topological polar surface area (TPSA) is 232 Å². The summed E-state index contributed by atoms with van der Waals surface area (Å²) in [6, 6.07) is 14.2. The van der Waals surface area contributed by atoms with Crippen molar-refractivity contribution < 1.29 is 42.6 Å². The van der Waals surface area contributed by atoms with Gasteiger partial charge in [0.05, 0.1) is 29.1 Å². The molecule has 0 saturated carbocycles. The van der Waals surface area contributed by atoms with Crippen LogP contribution in [0.25, 0.3) is 10.8 Å². The van der Waals surface area contributed by atoms with Crippen LogP contribution < -0.4 is 20.5 Å². The van der Waals surface area contributed by atoms with Gasteiger partial charge in [-0.1, -0.05) is 12.1 Å². The first-order chi connectivity index (χ1) is 19.8. The van der Waals surface area contributed by atoms with Gasteiger partial charge in [0.2, 0.25) is 0 Å². The monoisotopic (exact) mass is 617 g/mol. The van der Waals surface area contributed by atoms with Crippen molar-refractivity contribution in [3.05, 3.63) is 60.7 Å². The van der Waals surface area contributed by atoms with E-state index in [4.69, 9.17) is 15.2 Å². The van der Waals surface area contributed by atoms with Crippen LogP contribution in [-0.4, -0.2) is 41.8 Å². The second-order valence-corrected chi connectivity index (χ2v) is 11.8. The zero-order chi connectivity index (χ0) is 30.7. The predicted octanol–water partition coefficient (Wildman–Crippen LogP) is 7.14. The fraction of sp³-hybridized carbons (Fsp3) is 0.154. The summed E-state index contributed by atoms with van der Waals surface area (Å²) in [6.07, 6.45) is 0. The molecule has 4 rings (SSSR count). The summed E-state index contributed by atoms with van der Waals surface area (Å²) >= 11 is 0. The molecule has 0 aromatic heterocycles. The fourth-order valence-corrected chi connectivity index (χ4v) is 5.12. The number of hydrogen-bond donors (Lipinski definition) is 7. The number of rotatable bonds is 10. The van der Waals surface area contributed by atoms with Crippen LogP contribution in [0.15, 0.2) is 86.0 Å². The van der Waals surface area contributed by atoms with Gasteiger partial charge in [-0.15, -0.1) is 15.3 Å². The molecule has 0 unspecified atom stereocenters. The Kier molecular flexibility index (Phi) is 9.13. The molecule has 42 heavy (non-hydrogen) atoms. The van der Waals surface area contributed by atoms with Crippen LogP contribution in [0.4, 0.5) is 28.4 Å². The Morgan fingerprint density at radius 2 is 1.45 bits per heavy atom. The zero-order valence-electron chi connectivity index (χ0n) is 22.3. The van der Waals surface area contributed by atoms with Gasteiger partial charge >= 0.3 is 7.60 Å². The predicted molar refractivity (Wildman–Crippen MR) is 159 cm³/mol. The molecule has 0 radical (unpaired) electrons. The Morgan fingerprint density at radius 1 is 0.833 bits per heavy atom. The lowest BCUT2D eigenvalue weighted by molar-refractivity contribution is 0.332. The minimum Gasteiger partial charge on any atom is -0.505 e. The van der Waals surface area contributed by atoms with Crippen molar-refractivity contribution in [3.63, 3.8) is 0 Å². The van der Waals surface area contributed by atoms with E-state index in [-0.39, 0.29) is 52.5 Å². The van der Waals surface area contributed by atoms with Crippen molar-refractivity contribution in [1.82, 2.24) is 0 Å². The highest BCUT2D eigenvalue weighted by molar-refractivity contribution is 8.19. The second-order valence-electron chi connectivity index (χ2n) is 8.69. The van der Waals surface area contributed by atoms with Gasteiger partial charge in [-0.3, -0.25) is 4.57 Å². The van der Waals surface area contributed by atoms with E-state index in [1.54, 1.807) is 19.9 Å². The smallest absolute Gasteiger partial charge is 0.356 e. The SMILES string of the molecule is CCOc1cc(N=Nc2c(S(O)(O)O)cc3ccc(N)cc3c2O)c(OCC)cc1N=Nc1cccc(P(=O)(O)O)c1. The number of anilines is 1. The lowest BCUT2D eigenvalue weighted by atomic mass is 10.1. The molecule has 0 bridgehead atoms. The average molecular weight is 618 g/mol. The molecule has 16 heteroatoms. The molecule has 0 amide bonds. The third-order valence-electron chi connectivity index (χ3n) is 5.71. The van der Waals surface area contributed by atoms with E-state index in [2.05, 4.69) is 20.5 Å². The molecule has 0 spiro atoms. The standard InChI is InChI=1S/C26H28N5O9PS/c1-3-39-22-14-21(23(40-4-2)13-20(22)29-28-17-6-5-7-18(12-17)41(33,34)35)30-31-25-24(42(36,37)38)10-15-8-9-16(27)11-19(15)26(25)32/h5-14,32,36-38H,3-4,27H2,1-2H3,(H2,33,34,35). The molecule has 0 saturated heterocycles. The summed E-state index contributed by atoms with van der Waals surface area (Å²) in [5.74, 6) is -0.116. The number of aromatic hydroxyl groups is 1. The molecule has 0 heterocycles. The number of nitrogens with two attached hydrogens (primary N) is 1. The number of fused-ring (bicyclic) bond motifs is 1. The summed E-state index contributed by atoms with van der Waals surface area (Å²) < 4.78 is 53.1. The van der Waals surface area contributed by atoms with Crippen molar-refractivity contribution in [1.29, 1.82) is 0 Å². The molecular formula is C26H28N5O9PS. The van der Waals surface area contributed by atoms with Crippen molar-refractivity contribution in [2.45, 2.75) is 18.7 Å². The van der Waals surface area contributed by atoms with Gasteiger partial charge in [-0.25, -0.2) is 0 Å². The summed E-state index contributed by atoms with van der Waals surface area (Å²) in [7, 11) is -8.82. The van der Waals surface area contributed by atoms with Crippen LogP contribution >= 0.6 is 18.5 Å². The van der Waals surface area contributed by atoms with Gasteiger partial charge in [0.1, 0.15) is 39.4 Å². The molecule has 0 aliphatic rings.